The van der Waals surface area contributed by atoms with Crippen molar-refractivity contribution in [2.45, 2.75) is 11.7 Å². The van der Waals surface area contributed by atoms with Gasteiger partial charge in [0.1, 0.15) is 5.52 Å². The monoisotopic (exact) mass is 702 g/mol. The first kappa shape index (κ1) is 28.4. The summed E-state index contributed by atoms with van der Waals surface area (Å²) >= 11 is 0. The van der Waals surface area contributed by atoms with Crippen molar-refractivity contribution in [1.82, 2.24) is 9.13 Å². The summed E-state index contributed by atoms with van der Waals surface area (Å²) in [6.45, 7) is 0. The van der Waals surface area contributed by atoms with Gasteiger partial charge in [-0.2, -0.15) is 4.57 Å². The predicted molar refractivity (Wildman–Crippen MR) is 223 cm³/mol. The van der Waals surface area contributed by atoms with E-state index in [1.807, 2.05) is 0 Å². The van der Waals surface area contributed by atoms with E-state index in [0.717, 1.165) is 0 Å². The molecule has 0 amide bonds. The predicted octanol–water partition coefficient (Wildman–Crippen LogP) is 10.8. The average molecular weight is 703 g/mol. The molecule has 0 fully saturated rings. The fraction of sp³-hybridized carbons (Fsp3) is 0.0600. The Labute approximate surface area is 316 Å². The van der Waals surface area contributed by atoms with Crippen molar-refractivity contribution >= 4 is 60.7 Å². The fourth-order valence-corrected chi connectivity index (χ4v) is 11.2. The second-order valence-electron chi connectivity index (χ2n) is 15.6. The molecule has 2 unspecified atom stereocenters. The molecule has 1 spiro atoms. The summed E-state index contributed by atoms with van der Waals surface area (Å²) in [7, 11) is 2.32. The largest absolute Gasteiger partial charge is 0.348 e. The lowest BCUT2D eigenvalue weighted by Crippen LogP contribution is -2.70. The molecule has 7 heterocycles. The minimum absolute atomic E-state index is 0.0483. The van der Waals surface area contributed by atoms with Crippen LogP contribution in [0.25, 0.3) is 77.4 Å². The van der Waals surface area contributed by atoms with Gasteiger partial charge in [-0.25, -0.2) is 4.57 Å². The zero-order chi connectivity index (χ0) is 35.7. The van der Waals surface area contributed by atoms with Crippen LogP contribution < -0.4 is 14.4 Å². The van der Waals surface area contributed by atoms with Gasteiger partial charge in [0.2, 0.25) is 5.54 Å². The number of para-hydroxylation sites is 2. The van der Waals surface area contributed by atoms with Crippen LogP contribution in [-0.4, -0.2) is 22.3 Å². The van der Waals surface area contributed by atoms with Crippen molar-refractivity contribution in [3.63, 3.8) is 0 Å². The van der Waals surface area contributed by atoms with Crippen LogP contribution >= 0.6 is 0 Å². The Hall–Kier alpha value is -7.11. The van der Waals surface area contributed by atoms with Crippen molar-refractivity contribution in [2.75, 3.05) is 16.8 Å². The van der Waals surface area contributed by atoms with E-state index in [1.165, 1.54) is 106 Å². The molecule has 0 saturated carbocycles. The summed E-state index contributed by atoms with van der Waals surface area (Å²) in [6.07, 6.45) is 2.30. The van der Waals surface area contributed by atoms with E-state index in [-0.39, 0.29) is 6.17 Å². The summed E-state index contributed by atoms with van der Waals surface area (Å²) in [5.41, 5.74) is 17.3. The maximum atomic E-state index is 2.66. The van der Waals surface area contributed by atoms with E-state index < -0.39 is 5.54 Å². The molecule has 3 aromatic heterocycles. The molecule has 0 N–H and O–H groups in total. The first-order chi connectivity index (χ1) is 27.2. The average Bonchev–Trinajstić information content (AvgIpc) is 3.95. The summed E-state index contributed by atoms with van der Waals surface area (Å²) in [6, 6.07) is 61.0. The van der Waals surface area contributed by atoms with Crippen LogP contribution in [0.2, 0.25) is 0 Å². The van der Waals surface area contributed by atoms with E-state index in [1.54, 1.807) is 0 Å². The van der Waals surface area contributed by atoms with Gasteiger partial charge < -0.3 is 14.4 Å². The van der Waals surface area contributed by atoms with Crippen LogP contribution in [0, 0.1) is 0 Å². The number of fused-ring (bicyclic) bond motifs is 13. The van der Waals surface area contributed by atoms with Crippen LogP contribution in [0.1, 0.15) is 11.1 Å². The minimum atomic E-state index is -0.555. The molecule has 10 aromatic rings. The molecule has 0 aliphatic carbocycles. The van der Waals surface area contributed by atoms with Gasteiger partial charge in [-0.1, -0.05) is 103 Å². The Morgan fingerprint density at radius 2 is 1.02 bits per heavy atom. The molecule has 256 valence electrons. The van der Waals surface area contributed by atoms with Crippen LogP contribution in [0.5, 0.6) is 0 Å². The number of anilines is 3. The summed E-state index contributed by atoms with van der Waals surface area (Å²) < 4.78 is 7.74. The number of pyridine rings is 1. The Bertz CT molecular complexity index is 3350. The molecule has 2 atom stereocenters. The quantitative estimate of drug-likeness (QED) is 0.167. The summed E-state index contributed by atoms with van der Waals surface area (Å²) in [5, 5.41) is 5.19. The highest BCUT2D eigenvalue weighted by Gasteiger charge is 2.68. The maximum absolute atomic E-state index is 2.66. The number of aromatic nitrogens is 3. The highest BCUT2D eigenvalue weighted by Crippen LogP contribution is 2.64. The lowest BCUT2D eigenvalue weighted by molar-refractivity contribution is -0.740. The maximum Gasteiger partial charge on any atom is 0.288 e. The van der Waals surface area contributed by atoms with Crippen molar-refractivity contribution in [3.8, 4) is 33.8 Å². The second-order valence-corrected chi connectivity index (χ2v) is 15.6. The molecular weight excluding hydrogens is 671 g/mol. The van der Waals surface area contributed by atoms with Crippen molar-refractivity contribution < 1.29 is 4.57 Å². The number of hydrogen-bond acceptors (Lipinski definition) is 2. The standard InChI is InChI=1S/C50H32N5/c1-51-43-29-33(32-20-18-31(19-21-32)30-11-3-2-4-12-30)22-25-40(43)54-42-27-24-36-34-13-5-7-15-38(34)53-41-26-23-37-35-14-6-8-16-39(35)55-44-17-9-10-28-52(44)50(49(51)54,45(41)48(37)55)46(42)47(36)53/h2-29,49H,1H3/q+1. The Kier molecular flexibility index (Phi) is 4.91. The topological polar surface area (TPSA) is 20.2 Å². The van der Waals surface area contributed by atoms with Gasteiger partial charge >= 0.3 is 0 Å². The normalized spacial score (nSPS) is 18.1. The number of rotatable bonds is 2. The zero-order valence-corrected chi connectivity index (χ0v) is 30.0. The zero-order valence-electron chi connectivity index (χ0n) is 30.0. The van der Waals surface area contributed by atoms with E-state index in [0.29, 0.717) is 0 Å². The van der Waals surface area contributed by atoms with Gasteiger partial charge in [0.05, 0.1) is 51.1 Å². The number of nitrogens with zero attached hydrogens (tertiary/aromatic N) is 5. The molecule has 7 aromatic carbocycles. The van der Waals surface area contributed by atoms with Crippen molar-refractivity contribution in [3.05, 3.63) is 181 Å². The second kappa shape index (κ2) is 9.51. The molecule has 55 heavy (non-hydrogen) atoms. The molecule has 0 saturated heterocycles. The lowest BCUT2D eigenvalue weighted by atomic mass is 9.75. The molecule has 5 nitrogen and oxygen atoms in total. The SMILES string of the molecule is CN1c2cc(-c3ccc(-c4ccccc4)cc3)ccc2N2c3ccc4c5ccccc5n5c4c3C3(c4c-5ccc5c6ccccc6n(c45)-c4cccc[n+]43)C12. The lowest BCUT2D eigenvalue weighted by Gasteiger charge is -2.43. The number of likely N-dealkylation sites (N-methyl/N-ethyl adjacent to an activating group) is 1. The fourth-order valence-electron chi connectivity index (χ4n) is 11.2. The Balaban J connectivity index is 1.09. The summed E-state index contributed by atoms with van der Waals surface area (Å²) in [5.74, 6) is 1.19. The van der Waals surface area contributed by atoms with Crippen LogP contribution in [-0.2, 0) is 5.54 Å². The van der Waals surface area contributed by atoms with Gasteiger partial charge in [0, 0.05) is 34.7 Å². The van der Waals surface area contributed by atoms with Gasteiger partial charge in [-0.05, 0) is 76.9 Å². The van der Waals surface area contributed by atoms with Gasteiger partial charge in [-0.3, -0.25) is 0 Å². The van der Waals surface area contributed by atoms with E-state index in [2.05, 4.69) is 201 Å². The van der Waals surface area contributed by atoms with Crippen molar-refractivity contribution in [1.29, 1.82) is 0 Å². The first-order valence-electron chi connectivity index (χ1n) is 19.2. The van der Waals surface area contributed by atoms with Gasteiger partial charge in [0.25, 0.3) is 5.82 Å². The highest BCUT2D eigenvalue weighted by atomic mass is 15.5. The Morgan fingerprint density at radius 1 is 0.455 bits per heavy atom. The molecule has 14 rings (SSSR count). The van der Waals surface area contributed by atoms with E-state index >= 15 is 0 Å². The van der Waals surface area contributed by atoms with Crippen LogP contribution in [0.15, 0.2) is 170 Å². The van der Waals surface area contributed by atoms with Crippen LogP contribution in [0.3, 0.4) is 0 Å². The molecular formula is C50H32N5+. The molecule has 0 radical (unpaired) electrons. The third kappa shape index (κ3) is 3.09. The third-order valence-corrected chi connectivity index (χ3v) is 13.3. The van der Waals surface area contributed by atoms with Gasteiger partial charge in [-0.15, -0.1) is 0 Å². The van der Waals surface area contributed by atoms with Crippen LogP contribution in [0.4, 0.5) is 17.1 Å². The van der Waals surface area contributed by atoms with E-state index in [9.17, 15) is 0 Å². The highest BCUT2D eigenvalue weighted by molar-refractivity contribution is 6.18. The van der Waals surface area contributed by atoms with Gasteiger partial charge in [0.15, 0.2) is 11.7 Å². The smallest absolute Gasteiger partial charge is 0.288 e. The number of benzene rings is 7. The minimum Gasteiger partial charge on any atom is -0.348 e. The molecule has 4 aliphatic heterocycles. The molecule has 4 aliphatic rings. The number of hydrogen-bond donors (Lipinski definition) is 0. The first-order valence-corrected chi connectivity index (χ1v) is 19.2. The third-order valence-electron chi connectivity index (χ3n) is 13.3. The molecule has 5 heteroatoms. The summed E-state index contributed by atoms with van der Waals surface area (Å²) in [4.78, 5) is 5.23. The molecule has 0 bridgehead atoms. The van der Waals surface area contributed by atoms with E-state index in [4.69, 9.17) is 0 Å². The van der Waals surface area contributed by atoms with Crippen molar-refractivity contribution in [2.24, 2.45) is 0 Å². The Morgan fingerprint density at radius 3 is 1.78 bits per heavy atom.